The van der Waals surface area contributed by atoms with Crippen molar-refractivity contribution in [1.82, 2.24) is 10.2 Å². The van der Waals surface area contributed by atoms with Gasteiger partial charge >= 0.3 is 11.9 Å². The third-order valence-electron chi connectivity index (χ3n) is 7.17. The molecule has 2 heterocycles. The van der Waals surface area contributed by atoms with Gasteiger partial charge in [0.05, 0.1) is 29.1 Å². The van der Waals surface area contributed by atoms with Crippen LogP contribution < -0.4 is 5.32 Å². The van der Waals surface area contributed by atoms with Gasteiger partial charge in [-0.3, -0.25) is 10.1 Å². The average molecular weight is 520 g/mol. The van der Waals surface area contributed by atoms with E-state index in [1.807, 2.05) is 18.2 Å². The van der Waals surface area contributed by atoms with Crippen molar-refractivity contribution in [1.29, 1.82) is 0 Å². The Balaban J connectivity index is 1.50. The Morgan fingerprint density at radius 2 is 1.66 bits per heavy atom. The Bertz CT molecular complexity index is 1260. The van der Waals surface area contributed by atoms with E-state index in [0.717, 1.165) is 26.1 Å². The monoisotopic (exact) mass is 519 g/mol. The van der Waals surface area contributed by atoms with Gasteiger partial charge in [0.15, 0.2) is 0 Å². The molecule has 0 spiro atoms. The lowest BCUT2D eigenvalue weighted by Crippen LogP contribution is -2.40. The van der Waals surface area contributed by atoms with Gasteiger partial charge in [-0.15, -0.1) is 0 Å². The van der Waals surface area contributed by atoms with Crippen LogP contribution in [-0.4, -0.2) is 54.6 Å². The lowest BCUT2D eigenvalue weighted by atomic mass is 9.80. The predicted octanol–water partition coefficient (Wildman–Crippen LogP) is 4.25. The maximum absolute atomic E-state index is 13.6. The predicted molar refractivity (Wildman–Crippen MR) is 142 cm³/mol. The molecule has 0 amide bonds. The van der Waals surface area contributed by atoms with Crippen LogP contribution in [0, 0.1) is 10.1 Å². The van der Waals surface area contributed by atoms with Crippen molar-refractivity contribution < 1.29 is 24.0 Å². The van der Waals surface area contributed by atoms with Gasteiger partial charge in [-0.05, 0) is 44.2 Å². The van der Waals surface area contributed by atoms with Crippen molar-refractivity contribution in [2.24, 2.45) is 0 Å². The van der Waals surface area contributed by atoms with E-state index in [2.05, 4.69) is 22.3 Å². The number of nitrogens with zero attached hydrogens (tertiary/aromatic N) is 2. The quantitative estimate of drug-likeness (QED) is 0.313. The van der Waals surface area contributed by atoms with Crippen molar-refractivity contribution in [3.63, 3.8) is 0 Å². The molecule has 2 aromatic carbocycles. The van der Waals surface area contributed by atoms with Crippen LogP contribution in [0.3, 0.4) is 0 Å². The Labute approximate surface area is 222 Å². The highest BCUT2D eigenvalue weighted by Gasteiger charge is 2.39. The van der Waals surface area contributed by atoms with E-state index in [4.69, 9.17) is 9.47 Å². The van der Waals surface area contributed by atoms with Crippen LogP contribution in [0.1, 0.15) is 43.7 Å². The van der Waals surface area contributed by atoms with E-state index >= 15 is 0 Å². The summed E-state index contributed by atoms with van der Waals surface area (Å²) in [5.41, 5.74) is 3.15. The number of nitro groups is 1. The minimum atomic E-state index is -0.859. The molecule has 4 rings (SSSR count). The molecule has 1 fully saturated rings. The summed E-state index contributed by atoms with van der Waals surface area (Å²) in [7, 11) is 1.27. The first-order chi connectivity index (χ1) is 18.3. The molecule has 1 unspecified atom stereocenters. The highest BCUT2D eigenvalue weighted by Crippen LogP contribution is 2.40. The molecule has 200 valence electrons. The number of hydrogen-bond donors (Lipinski definition) is 1. The summed E-state index contributed by atoms with van der Waals surface area (Å²) in [5.74, 6) is -2.01. The Hall–Kier alpha value is -3.98. The Kier molecular flexibility index (Phi) is 8.58. The number of dihydropyridines is 1. The molecule has 1 atom stereocenters. The number of piperidine rings is 1. The van der Waals surface area contributed by atoms with Crippen LogP contribution in [0.5, 0.6) is 0 Å². The fourth-order valence-electron chi connectivity index (χ4n) is 5.19. The molecule has 1 N–H and O–H groups in total. The standard InChI is InChI=1S/C29H33N3O6/c1-19-25(28(33)37-3)27(22-10-7-11-23(18-22)32(35)36)26(20(2)30-19)29(34)38-24-13-16-31(17-14-24)15-12-21-8-5-4-6-9-21/h4-11,18,24,27,30H,12-17H2,1-3H3. The fraction of sp³-hybridized carbons (Fsp3) is 0.379. The van der Waals surface area contributed by atoms with Gasteiger partial charge < -0.3 is 19.7 Å². The molecule has 9 heteroatoms. The van der Waals surface area contributed by atoms with E-state index in [1.54, 1.807) is 26.0 Å². The molecule has 38 heavy (non-hydrogen) atoms. The molecular weight excluding hydrogens is 486 g/mol. The third kappa shape index (κ3) is 6.11. The summed E-state index contributed by atoms with van der Waals surface area (Å²) < 4.78 is 11.0. The zero-order chi connectivity index (χ0) is 27.2. The highest BCUT2D eigenvalue weighted by atomic mass is 16.6. The molecule has 2 aliphatic heterocycles. The summed E-state index contributed by atoms with van der Waals surface area (Å²) in [5, 5.41) is 14.6. The summed E-state index contributed by atoms with van der Waals surface area (Å²) in [6.45, 7) is 6.04. The molecule has 0 saturated carbocycles. The zero-order valence-electron chi connectivity index (χ0n) is 21.9. The lowest BCUT2D eigenvalue weighted by molar-refractivity contribution is -0.384. The van der Waals surface area contributed by atoms with Gasteiger partial charge in [0.2, 0.25) is 0 Å². The SMILES string of the molecule is COC(=O)C1=C(C)NC(C)=C(C(=O)OC2CCN(CCc3ccccc3)CC2)C1c1cccc([N+](=O)[O-])c1. The lowest BCUT2D eigenvalue weighted by Gasteiger charge is -2.34. The molecule has 0 bridgehead atoms. The number of likely N-dealkylation sites (tertiary alicyclic amines) is 1. The molecule has 1 saturated heterocycles. The summed E-state index contributed by atoms with van der Waals surface area (Å²) in [6, 6.07) is 16.3. The number of allylic oxidation sites excluding steroid dienone is 2. The number of carbonyl (C=O) groups is 2. The molecule has 0 aromatic heterocycles. The van der Waals surface area contributed by atoms with Crippen LogP contribution in [0.2, 0.25) is 0 Å². The number of ether oxygens (including phenoxy) is 2. The van der Waals surface area contributed by atoms with Gasteiger partial charge in [0.25, 0.3) is 5.69 Å². The fourth-order valence-corrected chi connectivity index (χ4v) is 5.19. The van der Waals surface area contributed by atoms with Crippen LogP contribution in [0.4, 0.5) is 5.69 Å². The summed E-state index contributed by atoms with van der Waals surface area (Å²) >= 11 is 0. The summed E-state index contributed by atoms with van der Waals surface area (Å²) in [4.78, 5) is 39.7. The van der Waals surface area contributed by atoms with Gasteiger partial charge in [0.1, 0.15) is 6.10 Å². The van der Waals surface area contributed by atoms with Crippen LogP contribution in [0.15, 0.2) is 77.1 Å². The number of rotatable bonds is 8. The molecule has 2 aliphatic rings. The van der Waals surface area contributed by atoms with E-state index in [0.29, 0.717) is 29.8 Å². The Morgan fingerprint density at radius 3 is 2.29 bits per heavy atom. The molecule has 0 radical (unpaired) electrons. The molecular formula is C29H33N3O6. The van der Waals surface area contributed by atoms with E-state index in [-0.39, 0.29) is 22.9 Å². The molecule has 9 nitrogen and oxygen atoms in total. The highest BCUT2D eigenvalue weighted by molar-refractivity contribution is 6.00. The second-order valence-electron chi connectivity index (χ2n) is 9.66. The van der Waals surface area contributed by atoms with E-state index in [1.165, 1.54) is 24.8 Å². The number of benzene rings is 2. The smallest absolute Gasteiger partial charge is 0.337 e. The van der Waals surface area contributed by atoms with Crippen molar-refractivity contribution in [3.8, 4) is 0 Å². The van der Waals surface area contributed by atoms with Gasteiger partial charge in [0, 0.05) is 43.2 Å². The average Bonchev–Trinajstić information content (AvgIpc) is 2.92. The summed E-state index contributed by atoms with van der Waals surface area (Å²) in [6.07, 6.45) is 2.13. The first-order valence-electron chi connectivity index (χ1n) is 12.8. The second-order valence-corrected chi connectivity index (χ2v) is 9.66. The number of non-ortho nitro benzene ring substituents is 1. The number of carbonyl (C=O) groups excluding carboxylic acids is 2. The number of hydrogen-bond acceptors (Lipinski definition) is 8. The zero-order valence-corrected chi connectivity index (χ0v) is 21.9. The van der Waals surface area contributed by atoms with Crippen LogP contribution in [-0.2, 0) is 25.5 Å². The van der Waals surface area contributed by atoms with E-state index in [9.17, 15) is 19.7 Å². The number of esters is 2. The number of nitrogens with one attached hydrogen (secondary N) is 1. The minimum Gasteiger partial charge on any atom is -0.466 e. The first kappa shape index (κ1) is 27.1. The maximum atomic E-state index is 13.6. The normalized spacial score (nSPS) is 18.7. The van der Waals surface area contributed by atoms with Crippen molar-refractivity contribution in [3.05, 3.63) is 98.4 Å². The van der Waals surface area contributed by atoms with Crippen molar-refractivity contribution in [2.75, 3.05) is 26.7 Å². The molecule has 0 aliphatic carbocycles. The van der Waals surface area contributed by atoms with Crippen molar-refractivity contribution >= 4 is 17.6 Å². The largest absolute Gasteiger partial charge is 0.466 e. The first-order valence-corrected chi connectivity index (χ1v) is 12.8. The minimum absolute atomic E-state index is 0.129. The van der Waals surface area contributed by atoms with Crippen molar-refractivity contribution in [2.45, 2.75) is 45.1 Å². The van der Waals surface area contributed by atoms with Gasteiger partial charge in [-0.1, -0.05) is 42.5 Å². The topological polar surface area (TPSA) is 111 Å². The second kappa shape index (κ2) is 12.0. The van der Waals surface area contributed by atoms with Gasteiger partial charge in [-0.2, -0.15) is 0 Å². The van der Waals surface area contributed by atoms with Crippen LogP contribution >= 0.6 is 0 Å². The van der Waals surface area contributed by atoms with Crippen LogP contribution in [0.25, 0.3) is 0 Å². The number of nitro benzene ring substituents is 1. The molecule has 2 aromatic rings. The van der Waals surface area contributed by atoms with Gasteiger partial charge in [-0.25, -0.2) is 9.59 Å². The Morgan fingerprint density at radius 1 is 1.00 bits per heavy atom. The van der Waals surface area contributed by atoms with E-state index < -0.39 is 22.8 Å². The third-order valence-corrected chi connectivity index (χ3v) is 7.17. The number of methoxy groups -OCH3 is 1. The maximum Gasteiger partial charge on any atom is 0.337 e.